The molecule has 0 bridgehead atoms. The lowest BCUT2D eigenvalue weighted by atomic mass is 10.1. The molecule has 3 heteroatoms. The Labute approximate surface area is 110 Å². The highest BCUT2D eigenvalue weighted by atomic mass is 16.5. The van der Waals surface area contributed by atoms with Crippen molar-refractivity contribution in [3.8, 4) is 11.5 Å². The lowest BCUT2D eigenvalue weighted by Crippen LogP contribution is -2.35. The lowest BCUT2D eigenvalue weighted by molar-refractivity contribution is 0.354. The predicted molar refractivity (Wildman–Crippen MR) is 76.3 cm³/mol. The summed E-state index contributed by atoms with van der Waals surface area (Å²) in [5, 5.41) is 3.40. The molecular weight excluding hydrogens is 226 g/mol. The third-order valence-electron chi connectivity index (χ3n) is 2.48. The van der Waals surface area contributed by atoms with Gasteiger partial charge in [0, 0.05) is 17.6 Å². The summed E-state index contributed by atoms with van der Waals surface area (Å²) >= 11 is 0. The van der Waals surface area contributed by atoms with Gasteiger partial charge in [-0.15, -0.1) is 0 Å². The first-order chi connectivity index (χ1) is 8.48. The minimum absolute atomic E-state index is 0.128. The summed E-state index contributed by atoms with van der Waals surface area (Å²) in [6.45, 7) is 7.26. The van der Waals surface area contributed by atoms with Gasteiger partial charge in [-0.1, -0.05) is 24.3 Å². The first-order valence-electron chi connectivity index (χ1n) is 6.10. The predicted octanol–water partition coefficient (Wildman–Crippen LogP) is 3.11. The van der Waals surface area contributed by atoms with Crippen molar-refractivity contribution >= 4 is 6.08 Å². The Morgan fingerprint density at radius 1 is 1.17 bits per heavy atom. The van der Waals surface area contributed by atoms with Gasteiger partial charge in [-0.2, -0.15) is 0 Å². The first kappa shape index (κ1) is 14.6. The maximum absolute atomic E-state index is 5.37. The maximum Gasteiger partial charge on any atom is 0.167 e. The van der Waals surface area contributed by atoms with Crippen LogP contribution in [-0.4, -0.2) is 26.3 Å². The monoisotopic (exact) mass is 249 g/mol. The molecular formula is C15H23NO2. The molecule has 3 nitrogen and oxygen atoms in total. The number of hydrogen-bond acceptors (Lipinski definition) is 3. The van der Waals surface area contributed by atoms with Gasteiger partial charge < -0.3 is 14.8 Å². The van der Waals surface area contributed by atoms with Crippen molar-refractivity contribution in [2.24, 2.45) is 0 Å². The standard InChI is InChI=1S/C15H23NO2/c1-15(2,3)16-11-7-9-12-8-6-10-13(17-4)14(12)18-5/h6-10,16H,11H2,1-5H3. The molecule has 1 aromatic carbocycles. The summed E-state index contributed by atoms with van der Waals surface area (Å²) in [5.74, 6) is 1.52. The van der Waals surface area contributed by atoms with E-state index in [0.717, 1.165) is 23.6 Å². The van der Waals surface area contributed by atoms with Gasteiger partial charge in [0.05, 0.1) is 14.2 Å². The summed E-state index contributed by atoms with van der Waals surface area (Å²) in [6.07, 6.45) is 4.13. The number of methoxy groups -OCH3 is 2. The molecule has 0 aromatic heterocycles. The van der Waals surface area contributed by atoms with Gasteiger partial charge in [0.15, 0.2) is 11.5 Å². The van der Waals surface area contributed by atoms with Crippen LogP contribution in [0.1, 0.15) is 26.3 Å². The fraction of sp³-hybridized carbons (Fsp3) is 0.467. The minimum Gasteiger partial charge on any atom is -0.493 e. The zero-order valence-electron chi connectivity index (χ0n) is 11.9. The van der Waals surface area contributed by atoms with Crippen LogP contribution in [0.5, 0.6) is 11.5 Å². The normalized spacial score (nSPS) is 11.8. The minimum atomic E-state index is 0.128. The molecule has 0 unspecified atom stereocenters. The van der Waals surface area contributed by atoms with E-state index >= 15 is 0 Å². The van der Waals surface area contributed by atoms with Crippen LogP contribution in [0, 0.1) is 0 Å². The molecule has 0 aliphatic rings. The molecule has 0 amide bonds. The molecule has 0 fully saturated rings. The lowest BCUT2D eigenvalue weighted by Gasteiger charge is -2.19. The van der Waals surface area contributed by atoms with E-state index in [1.165, 1.54) is 0 Å². The second-order valence-electron chi connectivity index (χ2n) is 5.12. The molecule has 0 aliphatic carbocycles. The van der Waals surface area contributed by atoms with Crippen molar-refractivity contribution in [3.63, 3.8) is 0 Å². The van der Waals surface area contributed by atoms with Crippen LogP contribution in [0.2, 0.25) is 0 Å². The van der Waals surface area contributed by atoms with E-state index in [2.05, 4.69) is 32.2 Å². The van der Waals surface area contributed by atoms with Crippen LogP contribution in [0.25, 0.3) is 6.08 Å². The Morgan fingerprint density at radius 2 is 1.89 bits per heavy atom. The number of nitrogens with one attached hydrogen (secondary N) is 1. The van der Waals surface area contributed by atoms with E-state index in [0.29, 0.717) is 0 Å². The van der Waals surface area contributed by atoms with Gasteiger partial charge in [-0.25, -0.2) is 0 Å². The fourth-order valence-corrected chi connectivity index (χ4v) is 1.59. The van der Waals surface area contributed by atoms with Crippen LogP contribution in [0.4, 0.5) is 0 Å². The molecule has 0 radical (unpaired) electrons. The Hall–Kier alpha value is -1.48. The van der Waals surface area contributed by atoms with Crippen molar-refractivity contribution in [2.45, 2.75) is 26.3 Å². The number of para-hydroxylation sites is 1. The van der Waals surface area contributed by atoms with Crippen molar-refractivity contribution in [1.82, 2.24) is 5.32 Å². The number of hydrogen-bond donors (Lipinski definition) is 1. The number of ether oxygens (including phenoxy) is 2. The van der Waals surface area contributed by atoms with E-state index in [1.807, 2.05) is 24.3 Å². The van der Waals surface area contributed by atoms with Crippen molar-refractivity contribution < 1.29 is 9.47 Å². The smallest absolute Gasteiger partial charge is 0.167 e. The second-order valence-corrected chi connectivity index (χ2v) is 5.12. The van der Waals surface area contributed by atoms with Gasteiger partial charge in [0.2, 0.25) is 0 Å². The molecule has 0 saturated heterocycles. The Balaban J connectivity index is 2.75. The van der Waals surface area contributed by atoms with Crippen LogP contribution >= 0.6 is 0 Å². The third-order valence-corrected chi connectivity index (χ3v) is 2.48. The largest absolute Gasteiger partial charge is 0.493 e. The Bertz CT molecular complexity index is 405. The highest BCUT2D eigenvalue weighted by Gasteiger charge is 2.07. The molecule has 0 aliphatic heterocycles. The molecule has 0 saturated carbocycles. The van der Waals surface area contributed by atoms with Gasteiger partial charge in [-0.05, 0) is 26.8 Å². The molecule has 1 aromatic rings. The van der Waals surface area contributed by atoms with Crippen LogP contribution in [0.3, 0.4) is 0 Å². The van der Waals surface area contributed by atoms with Gasteiger partial charge in [0.1, 0.15) is 0 Å². The van der Waals surface area contributed by atoms with E-state index in [-0.39, 0.29) is 5.54 Å². The van der Waals surface area contributed by atoms with Gasteiger partial charge in [-0.3, -0.25) is 0 Å². The van der Waals surface area contributed by atoms with Crippen molar-refractivity contribution in [3.05, 3.63) is 29.8 Å². The molecule has 1 N–H and O–H groups in total. The average Bonchev–Trinajstić information content (AvgIpc) is 2.32. The molecule has 100 valence electrons. The molecule has 0 heterocycles. The van der Waals surface area contributed by atoms with E-state index in [1.54, 1.807) is 14.2 Å². The topological polar surface area (TPSA) is 30.5 Å². The second kappa shape index (κ2) is 6.45. The molecule has 18 heavy (non-hydrogen) atoms. The van der Waals surface area contributed by atoms with E-state index < -0.39 is 0 Å². The van der Waals surface area contributed by atoms with Gasteiger partial charge >= 0.3 is 0 Å². The molecule has 0 atom stereocenters. The van der Waals surface area contributed by atoms with E-state index in [9.17, 15) is 0 Å². The fourth-order valence-electron chi connectivity index (χ4n) is 1.59. The average molecular weight is 249 g/mol. The third kappa shape index (κ3) is 4.41. The maximum atomic E-state index is 5.37. The first-order valence-corrected chi connectivity index (χ1v) is 6.10. The van der Waals surface area contributed by atoms with Crippen LogP contribution in [0.15, 0.2) is 24.3 Å². The zero-order chi connectivity index (χ0) is 13.6. The van der Waals surface area contributed by atoms with Crippen molar-refractivity contribution in [1.29, 1.82) is 0 Å². The SMILES string of the molecule is COc1cccc(C=CCNC(C)(C)C)c1OC. The summed E-state index contributed by atoms with van der Waals surface area (Å²) in [4.78, 5) is 0. The summed E-state index contributed by atoms with van der Waals surface area (Å²) < 4.78 is 10.6. The summed E-state index contributed by atoms with van der Waals surface area (Å²) in [6, 6.07) is 5.86. The summed E-state index contributed by atoms with van der Waals surface area (Å²) in [7, 11) is 3.30. The van der Waals surface area contributed by atoms with Crippen molar-refractivity contribution in [2.75, 3.05) is 20.8 Å². The highest BCUT2D eigenvalue weighted by molar-refractivity contribution is 5.62. The molecule has 0 spiro atoms. The highest BCUT2D eigenvalue weighted by Crippen LogP contribution is 2.31. The van der Waals surface area contributed by atoms with Crippen LogP contribution < -0.4 is 14.8 Å². The Morgan fingerprint density at radius 3 is 2.44 bits per heavy atom. The number of benzene rings is 1. The van der Waals surface area contributed by atoms with Crippen LogP contribution in [-0.2, 0) is 0 Å². The quantitative estimate of drug-likeness (QED) is 0.869. The molecule has 1 rings (SSSR count). The summed E-state index contributed by atoms with van der Waals surface area (Å²) in [5.41, 5.74) is 1.15. The number of rotatable bonds is 5. The van der Waals surface area contributed by atoms with Gasteiger partial charge in [0.25, 0.3) is 0 Å². The zero-order valence-corrected chi connectivity index (χ0v) is 11.9. The Kier molecular flexibility index (Phi) is 5.23. The van der Waals surface area contributed by atoms with E-state index in [4.69, 9.17) is 9.47 Å².